The monoisotopic (exact) mass is 411 g/mol. The van der Waals surface area contributed by atoms with E-state index in [0.29, 0.717) is 24.6 Å². The molecule has 29 heavy (non-hydrogen) atoms. The third-order valence-electron chi connectivity index (χ3n) is 4.06. The third-order valence-corrected chi connectivity index (χ3v) is 4.06. The van der Waals surface area contributed by atoms with Crippen LogP contribution in [0.3, 0.4) is 0 Å². The Labute approximate surface area is 169 Å². The Bertz CT molecular complexity index is 802. The molecule has 0 radical (unpaired) electrons. The minimum atomic E-state index is -4.38. The molecule has 0 saturated carbocycles. The van der Waals surface area contributed by atoms with Crippen LogP contribution in [0.5, 0.6) is 5.75 Å². The first-order valence-corrected chi connectivity index (χ1v) is 9.55. The molecule has 0 aliphatic rings. The minimum absolute atomic E-state index is 0.207. The molecule has 160 valence electrons. The maximum atomic E-state index is 12.5. The van der Waals surface area contributed by atoms with Gasteiger partial charge < -0.3 is 15.4 Å². The topological polar surface area (TPSA) is 63.5 Å². The number of benzene rings is 1. The van der Waals surface area contributed by atoms with Gasteiger partial charge in [-0.1, -0.05) is 12.1 Å². The van der Waals surface area contributed by atoms with Gasteiger partial charge in [-0.15, -0.1) is 0 Å². The van der Waals surface area contributed by atoms with Crippen molar-refractivity contribution in [2.45, 2.75) is 39.4 Å². The average Bonchev–Trinajstić information content (AvgIpc) is 3.07. The molecule has 0 bridgehead atoms. The molecule has 2 rings (SSSR count). The summed E-state index contributed by atoms with van der Waals surface area (Å²) in [7, 11) is 1.88. The summed E-state index contributed by atoms with van der Waals surface area (Å²) in [5.74, 6) is 0.819. The number of rotatable bonds is 9. The van der Waals surface area contributed by atoms with Crippen LogP contribution in [-0.4, -0.2) is 41.6 Å². The zero-order valence-electron chi connectivity index (χ0n) is 17.0. The van der Waals surface area contributed by atoms with Crippen LogP contribution >= 0.6 is 0 Å². The maximum absolute atomic E-state index is 12.5. The summed E-state index contributed by atoms with van der Waals surface area (Å²) in [6.07, 6.45) is 1.25. The average molecular weight is 411 g/mol. The van der Waals surface area contributed by atoms with Crippen LogP contribution in [0.1, 0.15) is 30.0 Å². The summed E-state index contributed by atoms with van der Waals surface area (Å²) >= 11 is 0. The molecule has 0 aliphatic heterocycles. The Hall–Kier alpha value is -2.71. The lowest BCUT2D eigenvalue weighted by Crippen LogP contribution is -2.37. The van der Waals surface area contributed by atoms with E-state index < -0.39 is 12.8 Å². The van der Waals surface area contributed by atoms with Gasteiger partial charge in [-0.2, -0.15) is 18.3 Å². The molecule has 2 aromatic rings. The van der Waals surface area contributed by atoms with Crippen molar-refractivity contribution < 1.29 is 17.9 Å². The lowest BCUT2D eigenvalue weighted by atomic mass is 10.1. The van der Waals surface area contributed by atoms with E-state index in [1.54, 1.807) is 23.7 Å². The van der Waals surface area contributed by atoms with Crippen molar-refractivity contribution in [2.75, 3.05) is 19.7 Å². The number of nitrogens with one attached hydrogen (secondary N) is 2. The summed E-state index contributed by atoms with van der Waals surface area (Å²) in [5, 5.41) is 10.5. The van der Waals surface area contributed by atoms with Crippen molar-refractivity contribution >= 4 is 5.96 Å². The molecule has 0 atom stereocenters. The van der Waals surface area contributed by atoms with E-state index in [1.807, 2.05) is 32.4 Å². The van der Waals surface area contributed by atoms with Crippen LogP contribution < -0.4 is 15.4 Å². The molecular formula is C20H28F3N5O. The van der Waals surface area contributed by atoms with Crippen molar-refractivity contribution in [3.05, 3.63) is 47.3 Å². The summed E-state index contributed by atoms with van der Waals surface area (Å²) in [5.41, 5.74) is 2.60. The Balaban J connectivity index is 1.94. The second-order valence-corrected chi connectivity index (χ2v) is 6.76. The fourth-order valence-corrected chi connectivity index (χ4v) is 2.69. The van der Waals surface area contributed by atoms with Crippen LogP contribution in [0.2, 0.25) is 0 Å². The Morgan fingerprint density at radius 2 is 2.07 bits per heavy atom. The molecule has 0 aliphatic carbocycles. The minimum Gasteiger partial charge on any atom is -0.484 e. The van der Waals surface area contributed by atoms with Crippen molar-refractivity contribution in [2.24, 2.45) is 12.0 Å². The molecule has 0 spiro atoms. The number of guanidine groups is 1. The lowest BCUT2D eigenvalue weighted by Gasteiger charge is -2.14. The zero-order valence-corrected chi connectivity index (χ0v) is 17.0. The highest BCUT2D eigenvalue weighted by Crippen LogP contribution is 2.24. The molecule has 2 N–H and O–H groups in total. The van der Waals surface area contributed by atoms with Gasteiger partial charge in [0.1, 0.15) is 5.75 Å². The first-order valence-electron chi connectivity index (χ1n) is 9.55. The van der Waals surface area contributed by atoms with E-state index in [4.69, 9.17) is 4.74 Å². The van der Waals surface area contributed by atoms with Crippen LogP contribution in [0.25, 0.3) is 0 Å². The molecule has 1 heterocycles. The molecule has 1 aromatic heterocycles. The summed E-state index contributed by atoms with van der Waals surface area (Å²) < 4.78 is 44.3. The van der Waals surface area contributed by atoms with Crippen molar-refractivity contribution in [1.82, 2.24) is 20.4 Å². The Kier molecular flexibility index (Phi) is 8.35. The van der Waals surface area contributed by atoms with Crippen LogP contribution in [0.4, 0.5) is 13.2 Å². The molecule has 0 amide bonds. The first-order chi connectivity index (χ1) is 13.8. The summed E-state index contributed by atoms with van der Waals surface area (Å²) in [6.45, 7) is 4.05. The van der Waals surface area contributed by atoms with Gasteiger partial charge in [-0.3, -0.25) is 4.68 Å². The van der Waals surface area contributed by atoms with Gasteiger partial charge in [0.15, 0.2) is 12.6 Å². The number of hydrogen-bond donors (Lipinski definition) is 2. The maximum Gasteiger partial charge on any atom is 0.422 e. The third kappa shape index (κ3) is 8.45. The van der Waals surface area contributed by atoms with Crippen LogP contribution in [0.15, 0.2) is 35.6 Å². The largest absolute Gasteiger partial charge is 0.484 e. The molecule has 6 nitrogen and oxygen atoms in total. The van der Waals surface area contributed by atoms with Gasteiger partial charge in [0.25, 0.3) is 0 Å². The SMILES string of the molecule is CCNC(=NCc1ccc(C)cc1OCC(F)(F)F)NCCCc1cnn(C)c1. The fraction of sp³-hybridized carbons (Fsp3) is 0.500. The smallest absolute Gasteiger partial charge is 0.422 e. The van der Waals surface area contributed by atoms with Crippen molar-refractivity contribution in [1.29, 1.82) is 0 Å². The number of ether oxygens (including phenoxy) is 1. The van der Waals surface area contributed by atoms with Crippen LogP contribution in [0, 0.1) is 6.92 Å². The summed E-state index contributed by atoms with van der Waals surface area (Å²) in [6, 6.07) is 5.18. The Morgan fingerprint density at radius 3 is 2.72 bits per heavy atom. The highest BCUT2D eigenvalue weighted by Gasteiger charge is 2.28. The van der Waals surface area contributed by atoms with Gasteiger partial charge in [-0.05, 0) is 43.9 Å². The predicted octanol–water partition coefficient (Wildman–Crippen LogP) is 3.36. The quantitative estimate of drug-likeness (QED) is 0.377. The van der Waals surface area contributed by atoms with E-state index in [9.17, 15) is 13.2 Å². The molecule has 9 heteroatoms. The van der Waals surface area contributed by atoms with E-state index in [-0.39, 0.29) is 12.3 Å². The van der Waals surface area contributed by atoms with Crippen molar-refractivity contribution in [3.8, 4) is 5.75 Å². The number of aliphatic imine (C=N–C) groups is 1. The van der Waals surface area contributed by atoms with E-state index in [2.05, 4.69) is 20.7 Å². The fourth-order valence-electron chi connectivity index (χ4n) is 2.69. The highest BCUT2D eigenvalue weighted by atomic mass is 19.4. The molecule has 0 saturated heterocycles. The second-order valence-electron chi connectivity index (χ2n) is 6.76. The van der Waals surface area contributed by atoms with Gasteiger partial charge in [0.2, 0.25) is 0 Å². The lowest BCUT2D eigenvalue weighted by molar-refractivity contribution is -0.153. The van der Waals surface area contributed by atoms with Gasteiger partial charge in [-0.25, -0.2) is 4.99 Å². The van der Waals surface area contributed by atoms with E-state index in [0.717, 1.165) is 18.4 Å². The number of aromatic nitrogens is 2. The predicted molar refractivity (Wildman–Crippen MR) is 107 cm³/mol. The molecule has 0 fully saturated rings. The number of hydrogen-bond acceptors (Lipinski definition) is 3. The van der Waals surface area contributed by atoms with Crippen molar-refractivity contribution in [3.63, 3.8) is 0 Å². The second kappa shape index (κ2) is 10.7. The first kappa shape index (κ1) is 22.6. The molecule has 0 unspecified atom stereocenters. The number of alkyl halides is 3. The molecule has 1 aromatic carbocycles. The van der Waals surface area contributed by atoms with Gasteiger partial charge >= 0.3 is 6.18 Å². The van der Waals surface area contributed by atoms with E-state index >= 15 is 0 Å². The zero-order chi connectivity index (χ0) is 21.3. The number of nitrogens with zero attached hydrogens (tertiary/aromatic N) is 3. The van der Waals surface area contributed by atoms with Gasteiger partial charge in [0.05, 0.1) is 12.7 Å². The standard InChI is InChI=1S/C20H28F3N5O/c1-4-24-19(25-9-5-6-16-11-27-28(3)13-16)26-12-17-8-7-15(2)10-18(17)29-14-20(21,22)23/h7-8,10-11,13H,4-6,9,12,14H2,1-3H3,(H2,24,25,26). The van der Waals surface area contributed by atoms with Gasteiger partial charge in [0, 0.05) is 31.9 Å². The number of halogens is 3. The van der Waals surface area contributed by atoms with E-state index in [1.165, 1.54) is 5.56 Å². The molecular weight excluding hydrogens is 383 g/mol. The normalized spacial score (nSPS) is 12.1. The van der Waals surface area contributed by atoms with Crippen LogP contribution in [-0.2, 0) is 20.0 Å². The highest BCUT2D eigenvalue weighted by molar-refractivity contribution is 5.79. The number of aryl methyl sites for hydroxylation is 3. The summed E-state index contributed by atoms with van der Waals surface area (Å²) in [4.78, 5) is 4.48. The Morgan fingerprint density at radius 1 is 1.28 bits per heavy atom.